The highest BCUT2D eigenvalue weighted by Crippen LogP contribution is 2.29. The number of halogens is 2. The Morgan fingerprint density at radius 2 is 1.95 bits per heavy atom. The van der Waals surface area contributed by atoms with Gasteiger partial charge >= 0.3 is 0 Å². The van der Waals surface area contributed by atoms with Gasteiger partial charge in [0.25, 0.3) is 0 Å². The van der Waals surface area contributed by atoms with Crippen LogP contribution in [-0.4, -0.2) is 7.11 Å². The summed E-state index contributed by atoms with van der Waals surface area (Å²) in [6.07, 6.45) is 0. The first-order valence-corrected chi connectivity index (χ1v) is 6.75. The van der Waals surface area contributed by atoms with Gasteiger partial charge in [-0.2, -0.15) is 0 Å². The molecule has 2 nitrogen and oxygen atoms in total. The second kappa shape index (κ2) is 6.14. The highest BCUT2D eigenvalue weighted by Gasteiger charge is 2.11. The molecular formula is C16H17ClFNO. The van der Waals surface area contributed by atoms with Crippen molar-refractivity contribution in [2.75, 3.05) is 12.4 Å². The van der Waals surface area contributed by atoms with Crippen LogP contribution in [0.2, 0.25) is 5.02 Å². The monoisotopic (exact) mass is 293 g/mol. The van der Waals surface area contributed by atoms with Gasteiger partial charge in [0.15, 0.2) is 0 Å². The molecule has 1 atom stereocenters. The van der Waals surface area contributed by atoms with Crippen LogP contribution in [0.25, 0.3) is 0 Å². The number of aryl methyl sites for hydroxylation is 1. The number of methoxy groups -OCH3 is 1. The quantitative estimate of drug-likeness (QED) is 0.859. The van der Waals surface area contributed by atoms with Crippen LogP contribution in [0.1, 0.15) is 24.1 Å². The Kier molecular flexibility index (Phi) is 4.50. The van der Waals surface area contributed by atoms with E-state index < -0.39 is 5.82 Å². The van der Waals surface area contributed by atoms with Crippen LogP contribution < -0.4 is 10.1 Å². The molecule has 0 aromatic heterocycles. The van der Waals surface area contributed by atoms with Crippen molar-refractivity contribution in [3.05, 3.63) is 58.4 Å². The Morgan fingerprint density at radius 3 is 2.60 bits per heavy atom. The Morgan fingerprint density at radius 1 is 1.20 bits per heavy atom. The maximum Gasteiger partial charge on any atom is 0.142 e. The highest BCUT2D eigenvalue weighted by molar-refractivity contribution is 6.30. The second-order valence-corrected chi connectivity index (χ2v) is 5.15. The molecule has 0 bridgehead atoms. The minimum absolute atomic E-state index is 0.0571. The molecule has 20 heavy (non-hydrogen) atoms. The standard InChI is InChI=1S/C16H17ClFNO/c1-10-4-7-15(16(8-10)20-3)19-11(2)12-5-6-13(17)14(18)9-12/h4-9,11,19H,1-3H3. The Labute approximate surface area is 123 Å². The number of rotatable bonds is 4. The number of hydrogen-bond donors (Lipinski definition) is 1. The van der Waals surface area contributed by atoms with Crippen molar-refractivity contribution in [1.82, 2.24) is 0 Å². The predicted molar refractivity (Wildman–Crippen MR) is 81.2 cm³/mol. The third-order valence-corrected chi connectivity index (χ3v) is 3.48. The van der Waals surface area contributed by atoms with E-state index in [-0.39, 0.29) is 11.1 Å². The summed E-state index contributed by atoms with van der Waals surface area (Å²) in [6.45, 7) is 3.96. The smallest absolute Gasteiger partial charge is 0.142 e. The Balaban J connectivity index is 2.22. The molecule has 1 N–H and O–H groups in total. The van der Waals surface area contributed by atoms with Gasteiger partial charge < -0.3 is 10.1 Å². The molecule has 2 aromatic carbocycles. The summed E-state index contributed by atoms with van der Waals surface area (Å²) in [7, 11) is 1.63. The topological polar surface area (TPSA) is 21.3 Å². The van der Waals surface area contributed by atoms with Crippen LogP contribution in [0.4, 0.5) is 10.1 Å². The summed E-state index contributed by atoms with van der Waals surface area (Å²) < 4.78 is 18.8. The molecule has 0 radical (unpaired) electrons. The van der Waals surface area contributed by atoms with Crippen LogP contribution in [0, 0.1) is 12.7 Å². The average molecular weight is 294 g/mol. The zero-order chi connectivity index (χ0) is 14.7. The first kappa shape index (κ1) is 14.7. The SMILES string of the molecule is COc1cc(C)ccc1NC(C)c1ccc(Cl)c(F)c1. The summed E-state index contributed by atoms with van der Waals surface area (Å²) in [5.41, 5.74) is 2.83. The Bertz CT molecular complexity index is 615. The number of nitrogens with one attached hydrogen (secondary N) is 1. The molecule has 0 heterocycles. The maximum atomic E-state index is 13.5. The molecule has 106 valence electrons. The van der Waals surface area contributed by atoms with Crippen LogP contribution in [-0.2, 0) is 0 Å². The van der Waals surface area contributed by atoms with Gasteiger partial charge in [-0.25, -0.2) is 4.39 Å². The lowest BCUT2D eigenvalue weighted by Crippen LogP contribution is -2.08. The number of anilines is 1. The minimum Gasteiger partial charge on any atom is -0.495 e. The molecular weight excluding hydrogens is 277 g/mol. The molecule has 4 heteroatoms. The van der Waals surface area contributed by atoms with Crippen molar-refractivity contribution in [2.24, 2.45) is 0 Å². The Hall–Kier alpha value is -1.74. The summed E-state index contributed by atoms with van der Waals surface area (Å²) >= 11 is 5.70. The average Bonchev–Trinajstić information content (AvgIpc) is 2.43. The molecule has 0 fully saturated rings. The van der Waals surface area contributed by atoms with Crippen molar-refractivity contribution in [1.29, 1.82) is 0 Å². The van der Waals surface area contributed by atoms with Gasteiger partial charge in [-0.1, -0.05) is 23.7 Å². The van der Waals surface area contributed by atoms with Crippen molar-refractivity contribution in [2.45, 2.75) is 19.9 Å². The van der Waals surface area contributed by atoms with Crippen molar-refractivity contribution >= 4 is 17.3 Å². The lowest BCUT2D eigenvalue weighted by molar-refractivity contribution is 0.416. The van der Waals surface area contributed by atoms with Crippen LogP contribution >= 0.6 is 11.6 Å². The van der Waals surface area contributed by atoms with Crippen molar-refractivity contribution in [3.8, 4) is 5.75 Å². The predicted octanol–water partition coefficient (Wildman–Crippen LogP) is 4.97. The van der Waals surface area contributed by atoms with E-state index in [0.717, 1.165) is 22.6 Å². The molecule has 0 aliphatic heterocycles. The summed E-state index contributed by atoms with van der Waals surface area (Å²) in [4.78, 5) is 0. The van der Waals surface area contributed by atoms with Crippen molar-refractivity contribution in [3.63, 3.8) is 0 Å². The van der Waals surface area contributed by atoms with E-state index in [1.54, 1.807) is 13.2 Å². The van der Waals surface area contributed by atoms with Gasteiger partial charge in [-0.15, -0.1) is 0 Å². The van der Waals surface area contributed by atoms with Crippen LogP contribution in [0.5, 0.6) is 5.75 Å². The number of ether oxygens (including phenoxy) is 1. The number of hydrogen-bond acceptors (Lipinski definition) is 2. The third kappa shape index (κ3) is 3.23. The lowest BCUT2D eigenvalue weighted by atomic mass is 10.1. The maximum absolute atomic E-state index is 13.5. The fourth-order valence-corrected chi connectivity index (χ4v) is 2.13. The first-order chi connectivity index (χ1) is 9.51. The summed E-state index contributed by atoms with van der Waals surface area (Å²) in [5, 5.41) is 3.45. The fourth-order valence-electron chi connectivity index (χ4n) is 2.02. The molecule has 0 spiro atoms. The lowest BCUT2D eigenvalue weighted by Gasteiger charge is -2.18. The summed E-state index contributed by atoms with van der Waals surface area (Å²) in [6, 6.07) is 10.7. The third-order valence-electron chi connectivity index (χ3n) is 3.17. The van der Waals surface area contributed by atoms with Crippen molar-refractivity contribution < 1.29 is 9.13 Å². The van der Waals surface area contributed by atoms with E-state index in [4.69, 9.17) is 16.3 Å². The minimum atomic E-state index is -0.409. The van der Waals surface area contributed by atoms with Gasteiger partial charge in [0.1, 0.15) is 11.6 Å². The van der Waals surface area contributed by atoms with E-state index in [0.29, 0.717) is 0 Å². The zero-order valence-corrected chi connectivity index (χ0v) is 12.5. The van der Waals surface area contributed by atoms with Gasteiger partial charge in [0.05, 0.1) is 17.8 Å². The van der Waals surface area contributed by atoms with Gasteiger partial charge in [0, 0.05) is 6.04 Å². The van der Waals surface area contributed by atoms with Crippen LogP contribution in [0.3, 0.4) is 0 Å². The van der Waals surface area contributed by atoms with E-state index in [1.165, 1.54) is 6.07 Å². The highest BCUT2D eigenvalue weighted by atomic mass is 35.5. The zero-order valence-electron chi connectivity index (χ0n) is 11.7. The van der Waals surface area contributed by atoms with Gasteiger partial charge in [-0.3, -0.25) is 0 Å². The van der Waals surface area contributed by atoms with Gasteiger partial charge in [0.2, 0.25) is 0 Å². The molecule has 0 aliphatic carbocycles. The van der Waals surface area contributed by atoms with E-state index >= 15 is 0 Å². The fraction of sp³-hybridized carbons (Fsp3) is 0.250. The molecule has 0 saturated carbocycles. The van der Waals surface area contributed by atoms with Gasteiger partial charge in [-0.05, 0) is 49.2 Å². The largest absolute Gasteiger partial charge is 0.495 e. The van der Waals surface area contributed by atoms with E-state index in [1.807, 2.05) is 38.1 Å². The molecule has 0 aliphatic rings. The van der Waals surface area contributed by atoms with E-state index in [9.17, 15) is 4.39 Å². The normalized spacial score (nSPS) is 12.1. The molecule has 2 rings (SSSR count). The number of benzene rings is 2. The van der Waals surface area contributed by atoms with E-state index in [2.05, 4.69) is 5.32 Å². The van der Waals surface area contributed by atoms with Crippen LogP contribution in [0.15, 0.2) is 36.4 Å². The molecule has 2 aromatic rings. The molecule has 0 saturated heterocycles. The summed E-state index contributed by atoms with van der Waals surface area (Å²) in [5.74, 6) is 0.361. The molecule has 1 unspecified atom stereocenters. The second-order valence-electron chi connectivity index (χ2n) is 4.74. The first-order valence-electron chi connectivity index (χ1n) is 6.37. The molecule has 0 amide bonds.